The van der Waals surface area contributed by atoms with Crippen molar-refractivity contribution in [3.05, 3.63) is 22.4 Å². The van der Waals surface area contributed by atoms with Gasteiger partial charge in [0.05, 0.1) is 19.8 Å². The van der Waals surface area contributed by atoms with E-state index in [1.165, 1.54) is 4.88 Å². The van der Waals surface area contributed by atoms with Crippen LogP contribution in [-0.4, -0.2) is 93.5 Å². The highest BCUT2D eigenvalue weighted by Gasteiger charge is 2.40. The van der Waals surface area contributed by atoms with E-state index in [0.717, 1.165) is 59.0 Å². The third kappa shape index (κ3) is 4.98. The molecule has 5 nitrogen and oxygen atoms in total. The fourth-order valence-electron chi connectivity index (χ4n) is 3.38. The molecule has 0 amide bonds. The highest BCUT2D eigenvalue weighted by molar-refractivity contribution is 7.09. The van der Waals surface area contributed by atoms with Crippen molar-refractivity contribution in [2.45, 2.75) is 12.1 Å². The van der Waals surface area contributed by atoms with E-state index in [9.17, 15) is 0 Å². The maximum atomic E-state index is 6.25. The first-order valence-corrected chi connectivity index (χ1v) is 9.37. The van der Waals surface area contributed by atoms with Gasteiger partial charge in [-0.25, -0.2) is 0 Å². The monoisotopic (exact) mass is 339 g/mol. The van der Waals surface area contributed by atoms with Gasteiger partial charge in [0.15, 0.2) is 0 Å². The van der Waals surface area contributed by atoms with Crippen LogP contribution in [0.4, 0.5) is 0 Å². The van der Waals surface area contributed by atoms with Gasteiger partial charge in [-0.15, -0.1) is 11.3 Å². The van der Waals surface area contributed by atoms with Gasteiger partial charge < -0.3 is 14.4 Å². The van der Waals surface area contributed by atoms with Crippen molar-refractivity contribution in [2.24, 2.45) is 0 Å². The first kappa shape index (κ1) is 17.3. The summed E-state index contributed by atoms with van der Waals surface area (Å²) in [5.74, 6) is 0. The summed E-state index contributed by atoms with van der Waals surface area (Å²) in [4.78, 5) is 8.69. The molecule has 0 unspecified atom stereocenters. The Morgan fingerprint density at radius 2 is 2.04 bits per heavy atom. The first-order valence-electron chi connectivity index (χ1n) is 8.49. The van der Waals surface area contributed by atoms with Crippen molar-refractivity contribution in [1.82, 2.24) is 14.7 Å². The summed E-state index contributed by atoms with van der Waals surface area (Å²) < 4.78 is 12.2. The van der Waals surface area contributed by atoms with Gasteiger partial charge >= 0.3 is 0 Å². The van der Waals surface area contributed by atoms with Gasteiger partial charge in [-0.2, -0.15) is 0 Å². The molecule has 1 aromatic rings. The number of nitrogens with zero attached hydrogens (tertiary/aromatic N) is 3. The van der Waals surface area contributed by atoms with E-state index in [2.05, 4.69) is 46.3 Å². The number of thiophene rings is 1. The van der Waals surface area contributed by atoms with E-state index >= 15 is 0 Å². The summed E-state index contributed by atoms with van der Waals surface area (Å²) in [6.07, 6.45) is 0. The predicted octanol–water partition coefficient (Wildman–Crippen LogP) is 1.21. The Morgan fingerprint density at radius 3 is 2.83 bits per heavy atom. The van der Waals surface area contributed by atoms with Crippen molar-refractivity contribution in [3.8, 4) is 0 Å². The molecule has 0 N–H and O–H groups in total. The van der Waals surface area contributed by atoms with Gasteiger partial charge in [0, 0.05) is 50.7 Å². The molecular weight excluding hydrogens is 310 g/mol. The molecule has 2 saturated heterocycles. The lowest BCUT2D eigenvalue weighted by atomic mass is 10.0. The third-order valence-electron chi connectivity index (χ3n) is 4.58. The van der Waals surface area contributed by atoms with Gasteiger partial charge in [-0.3, -0.25) is 9.80 Å². The predicted molar refractivity (Wildman–Crippen MR) is 94.1 cm³/mol. The summed E-state index contributed by atoms with van der Waals surface area (Å²) in [7, 11) is 4.26. The van der Waals surface area contributed by atoms with E-state index in [-0.39, 0.29) is 5.60 Å². The second-order valence-electron chi connectivity index (χ2n) is 6.95. The average molecular weight is 340 g/mol. The van der Waals surface area contributed by atoms with Crippen molar-refractivity contribution < 1.29 is 9.47 Å². The number of ether oxygens (including phenoxy) is 2. The van der Waals surface area contributed by atoms with Crippen LogP contribution in [0.3, 0.4) is 0 Å². The van der Waals surface area contributed by atoms with Gasteiger partial charge in [0.2, 0.25) is 0 Å². The Labute approximate surface area is 143 Å². The van der Waals surface area contributed by atoms with Crippen molar-refractivity contribution in [3.63, 3.8) is 0 Å². The lowest BCUT2D eigenvalue weighted by Gasteiger charge is -2.43. The Kier molecular flexibility index (Phi) is 6.07. The van der Waals surface area contributed by atoms with Gasteiger partial charge in [0.1, 0.15) is 5.60 Å². The molecule has 0 bridgehead atoms. The summed E-state index contributed by atoms with van der Waals surface area (Å²) in [6.45, 7) is 9.46. The number of likely N-dealkylation sites (N-methyl/N-ethyl adjacent to an activating group) is 1. The van der Waals surface area contributed by atoms with Crippen LogP contribution in [0.1, 0.15) is 4.88 Å². The average Bonchev–Trinajstić information content (AvgIpc) is 2.94. The topological polar surface area (TPSA) is 28.2 Å². The van der Waals surface area contributed by atoms with Gasteiger partial charge in [-0.1, -0.05) is 6.07 Å². The second kappa shape index (κ2) is 8.05. The molecule has 3 rings (SSSR count). The lowest BCUT2D eigenvalue weighted by molar-refractivity contribution is -0.143. The van der Waals surface area contributed by atoms with E-state index in [1.54, 1.807) is 0 Å². The largest absolute Gasteiger partial charge is 0.377 e. The molecule has 0 radical (unpaired) electrons. The van der Waals surface area contributed by atoms with Crippen LogP contribution in [-0.2, 0) is 16.0 Å². The highest BCUT2D eigenvalue weighted by atomic mass is 32.1. The zero-order valence-corrected chi connectivity index (χ0v) is 15.2. The fraction of sp³-hybridized carbons (Fsp3) is 0.765. The smallest absolute Gasteiger partial charge is 0.117 e. The van der Waals surface area contributed by atoms with Gasteiger partial charge in [0.25, 0.3) is 0 Å². The number of hydrogen-bond donors (Lipinski definition) is 0. The number of hydrogen-bond acceptors (Lipinski definition) is 6. The molecule has 0 aromatic carbocycles. The Morgan fingerprint density at radius 1 is 1.22 bits per heavy atom. The van der Waals surface area contributed by atoms with Crippen LogP contribution in [0.25, 0.3) is 0 Å². The fourth-order valence-corrected chi connectivity index (χ4v) is 4.13. The Balaban J connectivity index is 1.61. The molecule has 3 heterocycles. The minimum absolute atomic E-state index is 0.168. The zero-order valence-electron chi connectivity index (χ0n) is 14.4. The van der Waals surface area contributed by atoms with Crippen LogP contribution in [0, 0.1) is 0 Å². The maximum absolute atomic E-state index is 6.25. The Hall–Kier alpha value is -0.500. The lowest BCUT2D eigenvalue weighted by Crippen LogP contribution is -2.58. The molecule has 2 aliphatic heterocycles. The molecule has 1 atom stereocenters. The summed E-state index contributed by atoms with van der Waals surface area (Å²) in [5.41, 5.74) is -0.168. The minimum Gasteiger partial charge on any atom is -0.377 e. The molecule has 0 saturated carbocycles. The normalized spacial score (nSPS) is 27.6. The van der Waals surface area contributed by atoms with Crippen LogP contribution in [0.2, 0.25) is 0 Å². The quantitative estimate of drug-likeness (QED) is 0.804. The molecule has 130 valence electrons. The SMILES string of the molecule is CN(C)CCN1CCOC[C@]2(C1)CN(Cc1cccs1)CCO2. The number of rotatable bonds is 5. The molecule has 1 aromatic heterocycles. The van der Waals surface area contributed by atoms with Crippen molar-refractivity contribution in [1.29, 1.82) is 0 Å². The van der Waals surface area contributed by atoms with Crippen LogP contribution >= 0.6 is 11.3 Å². The molecule has 6 heteroatoms. The van der Waals surface area contributed by atoms with Crippen molar-refractivity contribution in [2.75, 3.05) is 73.2 Å². The second-order valence-corrected chi connectivity index (χ2v) is 7.99. The molecule has 0 aliphatic carbocycles. The van der Waals surface area contributed by atoms with Crippen LogP contribution < -0.4 is 0 Å². The van der Waals surface area contributed by atoms with E-state index in [0.29, 0.717) is 6.61 Å². The maximum Gasteiger partial charge on any atom is 0.117 e. The highest BCUT2D eigenvalue weighted by Crippen LogP contribution is 2.24. The minimum atomic E-state index is -0.168. The summed E-state index contributed by atoms with van der Waals surface area (Å²) >= 11 is 1.84. The number of morpholine rings is 1. The molecule has 2 aliphatic rings. The Bertz CT molecular complexity index is 468. The molecule has 23 heavy (non-hydrogen) atoms. The summed E-state index contributed by atoms with van der Waals surface area (Å²) in [5, 5.41) is 2.16. The standard InChI is InChI=1S/C17H29N3O2S/c1-18(2)5-6-19-7-9-21-15-17(13-19)14-20(8-10-22-17)12-16-4-3-11-23-16/h3-4,11H,5-10,12-15H2,1-2H3/t17-/m0/s1. The first-order chi connectivity index (χ1) is 11.2. The van der Waals surface area contributed by atoms with Crippen LogP contribution in [0.15, 0.2) is 17.5 Å². The van der Waals surface area contributed by atoms with Crippen molar-refractivity contribution >= 4 is 11.3 Å². The molecule has 1 spiro atoms. The summed E-state index contributed by atoms with van der Waals surface area (Å²) in [6, 6.07) is 4.35. The van der Waals surface area contributed by atoms with Gasteiger partial charge in [-0.05, 0) is 25.5 Å². The van der Waals surface area contributed by atoms with Crippen LogP contribution in [0.5, 0.6) is 0 Å². The third-order valence-corrected chi connectivity index (χ3v) is 5.44. The zero-order chi connectivity index (χ0) is 16.1. The molecular formula is C17H29N3O2S. The van der Waals surface area contributed by atoms with E-state index in [4.69, 9.17) is 9.47 Å². The van der Waals surface area contributed by atoms with E-state index < -0.39 is 0 Å². The van der Waals surface area contributed by atoms with E-state index in [1.807, 2.05) is 11.3 Å². The molecule has 2 fully saturated rings.